The second-order valence-corrected chi connectivity index (χ2v) is 5.29. The first kappa shape index (κ1) is 14.7. The summed E-state index contributed by atoms with van der Waals surface area (Å²) in [5.41, 5.74) is 8.26. The number of carbonyl (C=O) groups is 1. The van der Waals surface area contributed by atoms with Crippen LogP contribution in [0, 0.1) is 6.92 Å². The summed E-state index contributed by atoms with van der Waals surface area (Å²) in [6.07, 6.45) is 0. The molecule has 0 unspecified atom stereocenters. The van der Waals surface area contributed by atoms with Gasteiger partial charge in [0, 0.05) is 21.3 Å². The number of carbonyl (C=O) groups excluding carboxylic acids is 1. The molecule has 5 heteroatoms. The lowest BCUT2D eigenvalue weighted by molar-refractivity contribution is 0.0473. The van der Waals surface area contributed by atoms with Gasteiger partial charge in [-0.3, -0.25) is 0 Å². The fourth-order valence-corrected chi connectivity index (χ4v) is 2.26. The number of halogens is 2. The zero-order valence-electron chi connectivity index (χ0n) is 10.8. The molecule has 0 radical (unpaired) electrons. The number of hydrogen-bond donors (Lipinski definition) is 1. The van der Waals surface area contributed by atoms with Crippen molar-refractivity contribution in [3.63, 3.8) is 0 Å². The van der Waals surface area contributed by atoms with Crippen LogP contribution in [0.5, 0.6) is 0 Å². The summed E-state index contributed by atoms with van der Waals surface area (Å²) in [6.45, 7) is 1.95. The molecular weight excluding hydrogens is 297 g/mol. The zero-order chi connectivity index (χ0) is 14.7. The molecule has 2 rings (SSSR count). The predicted octanol–water partition coefficient (Wildman–Crippen LogP) is 4.24. The minimum Gasteiger partial charge on any atom is -0.457 e. The molecule has 0 bridgehead atoms. The Bertz CT molecular complexity index is 636. The fraction of sp³-hybridized carbons (Fsp3) is 0.133. The van der Waals surface area contributed by atoms with Gasteiger partial charge in [0.1, 0.15) is 6.61 Å². The molecule has 0 aliphatic heterocycles. The minimum absolute atomic E-state index is 0.0860. The number of rotatable bonds is 3. The van der Waals surface area contributed by atoms with Crippen LogP contribution in [0.1, 0.15) is 21.5 Å². The average Bonchev–Trinajstić information content (AvgIpc) is 2.36. The molecule has 20 heavy (non-hydrogen) atoms. The van der Waals surface area contributed by atoms with E-state index in [9.17, 15) is 4.79 Å². The number of aryl methyl sites for hydroxylation is 1. The molecule has 2 aromatic rings. The van der Waals surface area contributed by atoms with Crippen LogP contribution in [0.15, 0.2) is 36.4 Å². The van der Waals surface area contributed by atoms with Gasteiger partial charge in [-0.2, -0.15) is 0 Å². The number of esters is 1. The Kier molecular flexibility index (Phi) is 4.53. The van der Waals surface area contributed by atoms with E-state index in [0.29, 0.717) is 26.9 Å². The van der Waals surface area contributed by atoms with Gasteiger partial charge in [0.25, 0.3) is 0 Å². The van der Waals surface area contributed by atoms with E-state index < -0.39 is 5.97 Å². The second kappa shape index (κ2) is 6.16. The highest BCUT2D eigenvalue weighted by molar-refractivity contribution is 6.35. The van der Waals surface area contributed by atoms with Gasteiger partial charge in [0.15, 0.2) is 0 Å². The summed E-state index contributed by atoms with van der Waals surface area (Å²) >= 11 is 11.8. The van der Waals surface area contributed by atoms with Crippen molar-refractivity contribution >= 4 is 34.9 Å². The summed E-state index contributed by atoms with van der Waals surface area (Å²) in [5.74, 6) is -0.439. The lowest BCUT2D eigenvalue weighted by Crippen LogP contribution is -2.06. The molecule has 0 atom stereocenters. The Labute approximate surface area is 127 Å². The molecule has 2 aromatic carbocycles. The van der Waals surface area contributed by atoms with Gasteiger partial charge in [-0.1, -0.05) is 29.3 Å². The van der Waals surface area contributed by atoms with Gasteiger partial charge >= 0.3 is 5.97 Å². The smallest absolute Gasteiger partial charge is 0.338 e. The van der Waals surface area contributed by atoms with Crippen LogP contribution in [0.2, 0.25) is 10.0 Å². The molecule has 0 saturated carbocycles. The van der Waals surface area contributed by atoms with Gasteiger partial charge in [-0.25, -0.2) is 4.79 Å². The third-order valence-corrected chi connectivity index (χ3v) is 3.30. The maximum Gasteiger partial charge on any atom is 0.338 e. The van der Waals surface area contributed by atoms with E-state index in [1.807, 2.05) is 6.92 Å². The Balaban J connectivity index is 2.08. The highest BCUT2D eigenvalue weighted by Gasteiger charge is 2.10. The van der Waals surface area contributed by atoms with Gasteiger partial charge in [-0.05, 0) is 42.8 Å². The number of ether oxygens (including phenoxy) is 1. The Hall–Kier alpha value is -1.71. The molecule has 2 N–H and O–H groups in total. The third-order valence-electron chi connectivity index (χ3n) is 2.71. The van der Waals surface area contributed by atoms with E-state index in [2.05, 4.69) is 0 Å². The van der Waals surface area contributed by atoms with Crippen LogP contribution in [0.3, 0.4) is 0 Å². The maximum atomic E-state index is 12.0. The molecule has 0 aromatic heterocycles. The molecular formula is C15H13Cl2NO2. The third kappa shape index (κ3) is 3.65. The Morgan fingerprint density at radius 2 is 1.95 bits per heavy atom. The molecule has 0 fully saturated rings. The van der Waals surface area contributed by atoms with Crippen LogP contribution in [0.4, 0.5) is 5.69 Å². The molecule has 0 aliphatic carbocycles. The van der Waals surface area contributed by atoms with Crippen molar-refractivity contribution < 1.29 is 9.53 Å². The van der Waals surface area contributed by atoms with Gasteiger partial charge in [0.2, 0.25) is 0 Å². The molecule has 0 heterocycles. The summed E-state index contributed by atoms with van der Waals surface area (Å²) in [5, 5.41) is 1.01. The van der Waals surface area contributed by atoms with Crippen molar-refractivity contribution in [2.24, 2.45) is 0 Å². The first-order valence-corrected chi connectivity index (χ1v) is 6.69. The molecule has 0 spiro atoms. The number of anilines is 1. The van der Waals surface area contributed by atoms with E-state index in [-0.39, 0.29) is 6.61 Å². The summed E-state index contributed by atoms with van der Waals surface area (Å²) in [6, 6.07) is 10.1. The van der Waals surface area contributed by atoms with Crippen LogP contribution >= 0.6 is 23.2 Å². The highest BCUT2D eigenvalue weighted by Crippen LogP contribution is 2.22. The predicted molar refractivity (Wildman–Crippen MR) is 81.2 cm³/mol. The van der Waals surface area contributed by atoms with E-state index >= 15 is 0 Å². The van der Waals surface area contributed by atoms with Gasteiger partial charge in [-0.15, -0.1) is 0 Å². The maximum absolute atomic E-state index is 12.0. The van der Waals surface area contributed by atoms with Crippen LogP contribution < -0.4 is 5.73 Å². The number of nitrogens with two attached hydrogens (primary N) is 1. The Morgan fingerprint density at radius 1 is 1.20 bits per heavy atom. The average molecular weight is 310 g/mol. The van der Waals surface area contributed by atoms with E-state index in [0.717, 1.165) is 5.56 Å². The molecule has 0 amide bonds. The summed E-state index contributed by atoms with van der Waals surface area (Å²) in [4.78, 5) is 12.0. The van der Waals surface area contributed by atoms with Crippen molar-refractivity contribution in [1.82, 2.24) is 0 Å². The van der Waals surface area contributed by atoms with Crippen LogP contribution in [-0.4, -0.2) is 5.97 Å². The van der Waals surface area contributed by atoms with Crippen molar-refractivity contribution in [2.45, 2.75) is 13.5 Å². The zero-order valence-corrected chi connectivity index (χ0v) is 12.3. The lowest BCUT2D eigenvalue weighted by atomic mass is 10.1. The largest absolute Gasteiger partial charge is 0.457 e. The highest BCUT2D eigenvalue weighted by atomic mass is 35.5. The Morgan fingerprint density at radius 3 is 2.60 bits per heavy atom. The number of hydrogen-bond acceptors (Lipinski definition) is 3. The van der Waals surface area contributed by atoms with Crippen molar-refractivity contribution in [1.29, 1.82) is 0 Å². The topological polar surface area (TPSA) is 52.3 Å². The van der Waals surface area contributed by atoms with Crippen molar-refractivity contribution in [3.8, 4) is 0 Å². The van der Waals surface area contributed by atoms with E-state index in [4.69, 9.17) is 33.7 Å². The van der Waals surface area contributed by atoms with Crippen LogP contribution in [0.25, 0.3) is 0 Å². The normalized spacial score (nSPS) is 10.3. The fourth-order valence-electron chi connectivity index (χ4n) is 1.80. The minimum atomic E-state index is -0.439. The standard InChI is InChI=1S/C15H13Cl2NO2/c1-9-4-11(6-13(18)5-9)15(19)20-8-10-2-3-12(16)7-14(10)17/h2-7H,8,18H2,1H3. The van der Waals surface area contributed by atoms with Crippen molar-refractivity contribution in [3.05, 3.63) is 63.1 Å². The van der Waals surface area contributed by atoms with Gasteiger partial charge in [0.05, 0.1) is 5.56 Å². The molecule has 3 nitrogen and oxygen atoms in total. The first-order valence-electron chi connectivity index (χ1n) is 5.94. The van der Waals surface area contributed by atoms with E-state index in [1.165, 1.54) is 0 Å². The van der Waals surface area contributed by atoms with E-state index in [1.54, 1.807) is 36.4 Å². The SMILES string of the molecule is Cc1cc(N)cc(C(=O)OCc2ccc(Cl)cc2Cl)c1. The van der Waals surface area contributed by atoms with Crippen LogP contribution in [-0.2, 0) is 11.3 Å². The summed E-state index contributed by atoms with van der Waals surface area (Å²) < 4.78 is 5.22. The molecule has 0 aliphatic rings. The van der Waals surface area contributed by atoms with Gasteiger partial charge < -0.3 is 10.5 Å². The van der Waals surface area contributed by atoms with Crippen molar-refractivity contribution in [2.75, 3.05) is 5.73 Å². The number of benzene rings is 2. The lowest BCUT2D eigenvalue weighted by Gasteiger charge is -2.08. The second-order valence-electron chi connectivity index (χ2n) is 4.44. The molecule has 0 saturated heterocycles. The first-order chi connectivity index (χ1) is 9.45. The quantitative estimate of drug-likeness (QED) is 0.681. The summed E-state index contributed by atoms with van der Waals surface area (Å²) in [7, 11) is 0. The molecule has 104 valence electrons. The monoisotopic (exact) mass is 309 g/mol. The number of nitrogen functional groups attached to an aromatic ring is 1.